The summed E-state index contributed by atoms with van der Waals surface area (Å²) in [6, 6.07) is 13.1. The lowest BCUT2D eigenvalue weighted by Crippen LogP contribution is -2.19. The molecule has 0 bridgehead atoms. The van der Waals surface area contributed by atoms with Gasteiger partial charge in [0.1, 0.15) is 5.82 Å². The van der Waals surface area contributed by atoms with E-state index in [9.17, 15) is 17.6 Å². The van der Waals surface area contributed by atoms with Crippen LogP contribution in [0.5, 0.6) is 0 Å². The van der Waals surface area contributed by atoms with Gasteiger partial charge in [0.05, 0.1) is 21.2 Å². The number of hydrogen-bond acceptors (Lipinski definition) is 3. The molecule has 0 unspecified atom stereocenters. The molecule has 10 heteroatoms. The fourth-order valence-corrected chi connectivity index (χ4v) is 4.22. The third-order valence-corrected chi connectivity index (χ3v) is 5.90. The highest BCUT2D eigenvalue weighted by molar-refractivity contribution is 7.92. The highest BCUT2D eigenvalue weighted by atomic mass is 35.5. The van der Waals surface area contributed by atoms with Crippen molar-refractivity contribution >= 4 is 62.1 Å². The van der Waals surface area contributed by atoms with Crippen LogP contribution in [0.2, 0.25) is 15.1 Å². The maximum Gasteiger partial charge on any atom is 0.261 e. The highest BCUT2D eigenvalue weighted by Crippen LogP contribution is 2.33. The molecule has 0 spiro atoms. The third-order valence-electron chi connectivity index (χ3n) is 3.76. The van der Waals surface area contributed by atoms with Crippen LogP contribution in [-0.4, -0.2) is 14.3 Å². The zero-order chi connectivity index (χ0) is 21.2. The first kappa shape index (κ1) is 21.4. The Kier molecular flexibility index (Phi) is 6.33. The number of sulfonamides is 1. The second-order valence-corrected chi connectivity index (χ2v) is 8.79. The number of carbonyl (C=O) groups is 1. The van der Waals surface area contributed by atoms with Gasteiger partial charge in [0.15, 0.2) is 0 Å². The number of anilines is 2. The minimum atomic E-state index is -4.07. The first-order valence-corrected chi connectivity index (χ1v) is 10.6. The van der Waals surface area contributed by atoms with Crippen molar-refractivity contribution < 1.29 is 17.6 Å². The van der Waals surface area contributed by atoms with Crippen LogP contribution in [0, 0.1) is 5.82 Å². The van der Waals surface area contributed by atoms with E-state index in [1.54, 1.807) is 0 Å². The molecular formula is C19H12Cl3FN2O3S. The second kappa shape index (κ2) is 8.59. The molecule has 0 saturated carbocycles. The van der Waals surface area contributed by atoms with Gasteiger partial charge >= 0.3 is 0 Å². The van der Waals surface area contributed by atoms with E-state index in [1.807, 2.05) is 0 Å². The lowest BCUT2D eigenvalue weighted by atomic mass is 10.1. The number of amides is 1. The molecule has 0 aliphatic rings. The summed E-state index contributed by atoms with van der Waals surface area (Å²) in [5, 5.41) is 2.97. The molecule has 0 atom stereocenters. The topological polar surface area (TPSA) is 75.3 Å². The van der Waals surface area contributed by atoms with Gasteiger partial charge in [-0.05, 0) is 60.7 Å². The van der Waals surface area contributed by atoms with Crippen LogP contribution in [-0.2, 0) is 10.0 Å². The predicted octanol–water partition coefficient (Wildman–Crippen LogP) is 5.84. The summed E-state index contributed by atoms with van der Waals surface area (Å²) in [6.45, 7) is 0. The molecule has 1 amide bonds. The van der Waals surface area contributed by atoms with Crippen molar-refractivity contribution in [3.05, 3.63) is 87.1 Å². The van der Waals surface area contributed by atoms with Crippen LogP contribution in [0.3, 0.4) is 0 Å². The van der Waals surface area contributed by atoms with Crippen molar-refractivity contribution in [2.24, 2.45) is 0 Å². The molecule has 0 saturated heterocycles. The second-order valence-electron chi connectivity index (χ2n) is 5.83. The summed E-state index contributed by atoms with van der Waals surface area (Å²) in [5.41, 5.74) is 0.0500. The van der Waals surface area contributed by atoms with Crippen LogP contribution in [0.15, 0.2) is 65.6 Å². The molecule has 29 heavy (non-hydrogen) atoms. The molecular weight excluding hydrogens is 462 g/mol. The molecule has 2 N–H and O–H groups in total. The standard InChI is InChI=1S/C19H12Cl3FN2O3S/c20-11-1-7-15(8-2-11)29(27,28)25-18-16(9-12(21)10-17(18)22)19(26)24-14-5-3-13(23)4-6-14/h1-10,25H,(H,24,26). The van der Waals surface area contributed by atoms with Gasteiger partial charge in [-0.2, -0.15) is 0 Å². The number of halogens is 4. The van der Waals surface area contributed by atoms with E-state index >= 15 is 0 Å². The van der Waals surface area contributed by atoms with Gasteiger partial charge in [0.25, 0.3) is 15.9 Å². The fraction of sp³-hybridized carbons (Fsp3) is 0. The molecule has 0 aliphatic heterocycles. The Morgan fingerprint density at radius 3 is 2.10 bits per heavy atom. The first-order chi connectivity index (χ1) is 13.7. The quantitative estimate of drug-likeness (QED) is 0.489. The van der Waals surface area contributed by atoms with Crippen molar-refractivity contribution in [3.63, 3.8) is 0 Å². The van der Waals surface area contributed by atoms with E-state index in [0.717, 1.165) is 0 Å². The van der Waals surface area contributed by atoms with Gasteiger partial charge in [0, 0.05) is 15.7 Å². The average Bonchev–Trinajstić information content (AvgIpc) is 2.66. The summed E-state index contributed by atoms with van der Waals surface area (Å²) in [7, 11) is -4.07. The average molecular weight is 474 g/mol. The molecule has 5 nitrogen and oxygen atoms in total. The minimum absolute atomic E-state index is 0.0701. The summed E-state index contributed by atoms with van der Waals surface area (Å²) in [5.74, 6) is -1.15. The predicted molar refractivity (Wildman–Crippen MR) is 113 cm³/mol. The zero-order valence-electron chi connectivity index (χ0n) is 14.4. The van der Waals surface area contributed by atoms with Gasteiger partial charge in [-0.3, -0.25) is 9.52 Å². The van der Waals surface area contributed by atoms with E-state index < -0.39 is 21.7 Å². The SMILES string of the molecule is O=C(Nc1ccc(F)cc1)c1cc(Cl)cc(Cl)c1NS(=O)(=O)c1ccc(Cl)cc1. The van der Waals surface area contributed by atoms with Crippen molar-refractivity contribution in [2.45, 2.75) is 4.90 Å². The Bertz CT molecular complexity index is 1170. The smallest absolute Gasteiger partial charge is 0.261 e. The monoisotopic (exact) mass is 472 g/mol. The molecule has 3 aromatic carbocycles. The van der Waals surface area contributed by atoms with Crippen LogP contribution in [0.25, 0.3) is 0 Å². The maximum atomic E-state index is 13.1. The Labute approximate surface area is 181 Å². The molecule has 0 aromatic heterocycles. The Morgan fingerprint density at radius 2 is 1.48 bits per heavy atom. The Morgan fingerprint density at radius 1 is 0.862 bits per heavy atom. The molecule has 3 aromatic rings. The van der Waals surface area contributed by atoms with Crippen molar-refractivity contribution in [1.82, 2.24) is 0 Å². The molecule has 0 aliphatic carbocycles. The highest BCUT2D eigenvalue weighted by Gasteiger charge is 2.22. The van der Waals surface area contributed by atoms with E-state index in [1.165, 1.54) is 60.7 Å². The normalized spacial score (nSPS) is 11.2. The van der Waals surface area contributed by atoms with E-state index in [-0.39, 0.29) is 26.2 Å². The number of rotatable bonds is 5. The number of nitrogens with one attached hydrogen (secondary N) is 2. The number of carbonyl (C=O) groups excluding carboxylic acids is 1. The summed E-state index contributed by atoms with van der Waals surface area (Å²) in [4.78, 5) is 12.6. The van der Waals surface area contributed by atoms with Crippen LogP contribution < -0.4 is 10.0 Å². The van der Waals surface area contributed by atoms with Gasteiger partial charge in [-0.15, -0.1) is 0 Å². The number of hydrogen-bond donors (Lipinski definition) is 2. The Balaban J connectivity index is 1.97. The Hall–Kier alpha value is -2.32. The lowest BCUT2D eigenvalue weighted by Gasteiger charge is -2.15. The molecule has 0 radical (unpaired) electrons. The van der Waals surface area contributed by atoms with Crippen LogP contribution >= 0.6 is 34.8 Å². The minimum Gasteiger partial charge on any atom is -0.322 e. The number of benzene rings is 3. The first-order valence-electron chi connectivity index (χ1n) is 8.00. The maximum absolute atomic E-state index is 13.1. The summed E-state index contributed by atoms with van der Waals surface area (Å²) >= 11 is 17.9. The summed E-state index contributed by atoms with van der Waals surface area (Å²) < 4.78 is 40.8. The molecule has 150 valence electrons. The molecule has 0 fully saturated rings. The van der Waals surface area contributed by atoms with E-state index in [4.69, 9.17) is 34.8 Å². The largest absolute Gasteiger partial charge is 0.322 e. The van der Waals surface area contributed by atoms with Gasteiger partial charge < -0.3 is 5.32 Å². The van der Waals surface area contributed by atoms with E-state index in [2.05, 4.69) is 10.0 Å². The van der Waals surface area contributed by atoms with Crippen molar-refractivity contribution in [2.75, 3.05) is 10.0 Å². The molecule has 3 rings (SSSR count). The summed E-state index contributed by atoms with van der Waals surface area (Å²) in [6.07, 6.45) is 0. The van der Waals surface area contributed by atoms with E-state index in [0.29, 0.717) is 10.7 Å². The lowest BCUT2D eigenvalue weighted by molar-refractivity contribution is 0.102. The zero-order valence-corrected chi connectivity index (χ0v) is 17.5. The van der Waals surface area contributed by atoms with Gasteiger partial charge in [-0.1, -0.05) is 34.8 Å². The molecule has 0 heterocycles. The third kappa shape index (κ3) is 5.19. The fourth-order valence-electron chi connectivity index (χ4n) is 2.40. The van der Waals surface area contributed by atoms with Crippen LogP contribution in [0.1, 0.15) is 10.4 Å². The van der Waals surface area contributed by atoms with Crippen molar-refractivity contribution in [3.8, 4) is 0 Å². The van der Waals surface area contributed by atoms with Gasteiger partial charge in [-0.25, -0.2) is 12.8 Å². The van der Waals surface area contributed by atoms with Gasteiger partial charge in [0.2, 0.25) is 0 Å². The van der Waals surface area contributed by atoms with Crippen LogP contribution in [0.4, 0.5) is 15.8 Å². The van der Waals surface area contributed by atoms with Crippen molar-refractivity contribution in [1.29, 1.82) is 0 Å².